The van der Waals surface area contributed by atoms with Crippen LogP contribution in [0.2, 0.25) is 6.82 Å². The molecule has 3 rings (SSSR count). The van der Waals surface area contributed by atoms with E-state index in [2.05, 4.69) is 37.7 Å². The molecule has 1 heterocycles. The van der Waals surface area contributed by atoms with E-state index in [4.69, 9.17) is 4.74 Å². The average molecular weight is 333 g/mol. The van der Waals surface area contributed by atoms with Gasteiger partial charge in [0.2, 0.25) is 0 Å². The van der Waals surface area contributed by atoms with E-state index in [9.17, 15) is 4.79 Å². The lowest BCUT2D eigenvalue weighted by atomic mass is 9.70. The van der Waals surface area contributed by atoms with Crippen LogP contribution in [0, 0.1) is 0 Å². The van der Waals surface area contributed by atoms with Gasteiger partial charge in [-0.2, -0.15) is 0 Å². The lowest BCUT2D eigenvalue weighted by molar-refractivity contribution is 0.103. The number of hydrogen-bond donors (Lipinski definition) is 0. The minimum Gasteiger partial charge on any atom is -0.445 e. The predicted octanol–water partition coefficient (Wildman–Crippen LogP) is 3.26. The van der Waals surface area contributed by atoms with Gasteiger partial charge in [0.05, 0.1) is 0 Å². The highest BCUT2D eigenvalue weighted by Crippen LogP contribution is 2.35. The van der Waals surface area contributed by atoms with E-state index in [-0.39, 0.29) is 11.5 Å². The highest BCUT2D eigenvalue weighted by atomic mass is 16.6. The van der Waals surface area contributed by atoms with Crippen molar-refractivity contribution in [3.63, 3.8) is 0 Å². The van der Waals surface area contributed by atoms with E-state index in [0.717, 1.165) is 19.3 Å². The Hall–Kier alpha value is -2.49. The molecule has 0 saturated carbocycles. The molecule has 2 aromatic rings. The number of carbonyl (C=O) groups is 1. The van der Waals surface area contributed by atoms with Crippen molar-refractivity contribution >= 4 is 18.8 Å². The summed E-state index contributed by atoms with van der Waals surface area (Å²) in [6, 6.07) is 18.4. The van der Waals surface area contributed by atoms with Gasteiger partial charge >= 0.3 is 6.09 Å². The number of likely N-dealkylation sites (tertiary alicyclic amines) is 1. The molecular weight excluding hydrogens is 309 g/mol. The summed E-state index contributed by atoms with van der Waals surface area (Å²) in [7, 11) is 1.00. The Kier molecular flexibility index (Phi) is 5.27. The highest BCUT2D eigenvalue weighted by Gasteiger charge is 2.39. The summed E-state index contributed by atoms with van der Waals surface area (Å²) in [6.45, 7) is 7.83. The molecule has 128 valence electrons. The Morgan fingerprint density at radius 2 is 2.08 bits per heavy atom. The van der Waals surface area contributed by atoms with Gasteiger partial charge in [-0.15, -0.1) is 6.58 Å². The molecule has 1 aliphatic rings. The third-order valence-electron chi connectivity index (χ3n) is 5.07. The molecule has 0 spiro atoms. The summed E-state index contributed by atoms with van der Waals surface area (Å²) in [5, 5.41) is 0. The third kappa shape index (κ3) is 3.79. The quantitative estimate of drug-likeness (QED) is 0.621. The number of amides is 1. The fourth-order valence-electron chi connectivity index (χ4n) is 3.42. The molecule has 0 N–H and O–H groups in total. The summed E-state index contributed by atoms with van der Waals surface area (Å²) < 4.78 is 5.48. The number of nitrogens with zero attached hydrogens (tertiary/aromatic N) is 1. The van der Waals surface area contributed by atoms with Crippen LogP contribution < -0.4 is 5.46 Å². The lowest BCUT2D eigenvalue weighted by Crippen LogP contribution is -2.34. The second kappa shape index (κ2) is 7.60. The maximum atomic E-state index is 12.4. The largest absolute Gasteiger partial charge is 0.445 e. The summed E-state index contributed by atoms with van der Waals surface area (Å²) in [6.07, 6.45) is 2.62. The highest BCUT2D eigenvalue weighted by molar-refractivity contribution is 6.51. The molecule has 3 nitrogen and oxygen atoms in total. The van der Waals surface area contributed by atoms with Crippen LogP contribution in [0.5, 0.6) is 0 Å². The van der Waals surface area contributed by atoms with Crippen LogP contribution in [0.1, 0.15) is 17.5 Å². The molecule has 0 radical (unpaired) electrons. The number of carbonyl (C=O) groups excluding carboxylic acids is 1. The van der Waals surface area contributed by atoms with Gasteiger partial charge in [0.15, 0.2) is 7.28 Å². The smallest absolute Gasteiger partial charge is 0.410 e. The molecular formula is C21H24BNO2. The first-order chi connectivity index (χ1) is 12.2. The monoisotopic (exact) mass is 333 g/mol. The van der Waals surface area contributed by atoms with Crippen molar-refractivity contribution in [2.45, 2.75) is 25.3 Å². The van der Waals surface area contributed by atoms with Crippen LogP contribution in [0.25, 0.3) is 0 Å². The Bertz CT molecular complexity index is 747. The first-order valence-electron chi connectivity index (χ1n) is 8.85. The first-order valence-corrected chi connectivity index (χ1v) is 8.85. The summed E-state index contributed by atoms with van der Waals surface area (Å²) >= 11 is 0. The second-order valence-electron chi connectivity index (χ2n) is 6.63. The molecule has 1 saturated heterocycles. The van der Waals surface area contributed by atoms with E-state index in [1.165, 1.54) is 11.0 Å². The molecule has 1 atom stereocenters. The van der Waals surface area contributed by atoms with E-state index < -0.39 is 0 Å². The fourth-order valence-corrected chi connectivity index (χ4v) is 3.42. The van der Waals surface area contributed by atoms with Crippen LogP contribution in [0.4, 0.5) is 4.79 Å². The molecule has 4 heteroatoms. The van der Waals surface area contributed by atoms with Gasteiger partial charge in [0.1, 0.15) is 6.61 Å². The van der Waals surface area contributed by atoms with Gasteiger partial charge < -0.3 is 9.64 Å². The van der Waals surface area contributed by atoms with Crippen molar-refractivity contribution in [1.29, 1.82) is 0 Å². The van der Waals surface area contributed by atoms with Crippen molar-refractivity contribution in [1.82, 2.24) is 4.90 Å². The molecule has 0 aromatic heterocycles. The van der Waals surface area contributed by atoms with E-state index in [1.54, 1.807) is 4.90 Å². The summed E-state index contributed by atoms with van der Waals surface area (Å²) in [5.41, 5.74) is 3.36. The fraction of sp³-hybridized carbons (Fsp3) is 0.286. The van der Waals surface area contributed by atoms with Gasteiger partial charge in [0, 0.05) is 18.5 Å². The normalized spacial score (nSPS) is 19.5. The third-order valence-corrected chi connectivity index (χ3v) is 5.07. The van der Waals surface area contributed by atoms with E-state index >= 15 is 0 Å². The first kappa shape index (κ1) is 17.3. The zero-order valence-corrected chi connectivity index (χ0v) is 14.8. The maximum Gasteiger partial charge on any atom is 0.410 e. The molecule has 0 bridgehead atoms. The molecule has 2 aromatic carbocycles. The molecule has 25 heavy (non-hydrogen) atoms. The minimum absolute atomic E-state index is 0.184. The van der Waals surface area contributed by atoms with Gasteiger partial charge in [-0.1, -0.05) is 73.0 Å². The summed E-state index contributed by atoms with van der Waals surface area (Å²) in [5.74, 6) is 0. The van der Waals surface area contributed by atoms with Gasteiger partial charge in [0.25, 0.3) is 0 Å². The van der Waals surface area contributed by atoms with Gasteiger partial charge in [-0.05, 0) is 17.5 Å². The second-order valence-corrected chi connectivity index (χ2v) is 6.63. The SMILES string of the molecule is C=CC1(c2cccc(BC)c2)CCN(C(=O)OCc2ccccc2)C1. The average Bonchev–Trinajstić information content (AvgIpc) is 3.13. The predicted molar refractivity (Wildman–Crippen MR) is 104 cm³/mol. The number of hydrogen-bond acceptors (Lipinski definition) is 2. The van der Waals surface area contributed by atoms with Crippen molar-refractivity contribution in [2.24, 2.45) is 0 Å². The molecule has 1 unspecified atom stereocenters. The van der Waals surface area contributed by atoms with Crippen molar-refractivity contribution < 1.29 is 9.53 Å². The maximum absolute atomic E-state index is 12.4. The van der Waals surface area contributed by atoms with E-state index in [1.807, 2.05) is 36.4 Å². The van der Waals surface area contributed by atoms with Crippen LogP contribution in [0.15, 0.2) is 67.3 Å². The van der Waals surface area contributed by atoms with Crippen molar-refractivity contribution in [3.05, 3.63) is 78.4 Å². The minimum atomic E-state index is -0.251. The zero-order chi connectivity index (χ0) is 17.7. The number of rotatable bonds is 5. The Labute approximate surface area is 150 Å². The summed E-state index contributed by atoms with van der Waals surface area (Å²) in [4.78, 5) is 14.2. The van der Waals surface area contributed by atoms with Crippen LogP contribution >= 0.6 is 0 Å². The van der Waals surface area contributed by atoms with Crippen molar-refractivity contribution in [2.75, 3.05) is 13.1 Å². The number of ether oxygens (including phenoxy) is 1. The topological polar surface area (TPSA) is 29.5 Å². The molecule has 0 aliphatic carbocycles. The zero-order valence-electron chi connectivity index (χ0n) is 14.8. The van der Waals surface area contributed by atoms with Crippen LogP contribution in [-0.4, -0.2) is 31.4 Å². The molecule has 1 aliphatic heterocycles. The van der Waals surface area contributed by atoms with E-state index in [0.29, 0.717) is 19.7 Å². The molecule has 1 fully saturated rings. The lowest BCUT2D eigenvalue weighted by Gasteiger charge is -2.26. The Morgan fingerprint density at radius 1 is 1.28 bits per heavy atom. The Morgan fingerprint density at radius 3 is 2.80 bits per heavy atom. The van der Waals surface area contributed by atoms with Crippen molar-refractivity contribution in [3.8, 4) is 0 Å². The van der Waals surface area contributed by atoms with Crippen LogP contribution in [-0.2, 0) is 16.8 Å². The van der Waals surface area contributed by atoms with Gasteiger partial charge in [-0.25, -0.2) is 4.79 Å². The van der Waals surface area contributed by atoms with Gasteiger partial charge in [-0.3, -0.25) is 0 Å². The molecule has 1 amide bonds. The van der Waals surface area contributed by atoms with Crippen LogP contribution in [0.3, 0.4) is 0 Å². The standard InChI is InChI=1S/C21H24BNO2/c1-3-21(18-10-7-11-19(14-18)22-2)12-13-23(16-21)20(24)25-15-17-8-5-4-6-9-17/h3-11,14,22H,1,12-13,15-16H2,2H3. The Balaban J connectivity index is 1.68. The number of benzene rings is 2.